The van der Waals surface area contributed by atoms with Gasteiger partial charge < -0.3 is 23.7 Å². The topological polar surface area (TPSA) is 97.4 Å². The maximum Gasteiger partial charge on any atom is 0.342 e. The summed E-state index contributed by atoms with van der Waals surface area (Å²) >= 11 is 0. The Kier molecular flexibility index (Phi) is 5.21. The number of ether oxygens (including phenoxy) is 5. The van der Waals surface area contributed by atoms with Crippen molar-refractivity contribution < 1.29 is 38.1 Å². The smallest absolute Gasteiger partial charge is 0.342 e. The van der Waals surface area contributed by atoms with E-state index >= 15 is 0 Å². The molecule has 2 fully saturated rings. The van der Waals surface area contributed by atoms with Gasteiger partial charge in [0.2, 0.25) is 0 Å². The molecule has 190 valence electrons. The number of hydrogen-bond donors (Lipinski definition) is 0. The number of hydrogen-bond acceptors (Lipinski definition) is 8. The number of carbonyl (C=O) groups is 3. The van der Waals surface area contributed by atoms with Crippen LogP contribution in [0.3, 0.4) is 0 Å². The van der Waals surface area contributed by atoms with Crippen molar-refractivity contribution in [2.45, 2.75) is 91.1 Å². The second kappa shape index (κ2) is 7.61. The van der Waals surface area contributed by atoms with Gasteiger partial charge in [0.05, 0.1) is 7.11 Å². The first kappa shape index (κ1) is 23.9. The van der Waals surface area contributed by atoms with Crippen molar-refractivity contribution >= 4 is 17.9 Å². The Morgan fingerprint density at radius 1 is 1.09 bits per heavy atom. The molecule has 35 heavy (non-hydrogen) atoms. The highest BCUT2D eigenvalue weighted by molar-refractivity contribution is 5.98. The van der Waals surface area contributed by atoms with Crippen LogP contribution >= 0.6 is 0 Å². The fourth-order valence-corrected chi connectivity index (χ4v) is 7.77. The van der Waals surface area contributed by atoms with E-state index in [-0.39, 0.29) is 42.8 Å². The minimum Gasteiger partial charge on any atom is -0.495 e. The molecule has 1 aromatic rings. The number of fused-ring (bicyclic) bond motifs is 5. The van der Waals surface area contributed by atoms with Gasteiger partial charge in [-0.2, -0.15) is 0 Å². The van der Waals surface area contributed by atoms with E-state index in [1.165, 1.54) is 6.92 Å². The van der Waals surface area contributed by atoms with Gasteiger partial charge in [0, 0.05) is 42.7 Å². The first-order valence-electron chi connectivity index (χ1n) is 12.3. The van der Waals surface area contributed by atoms with Crippen molar-refractivity contribution in [2.24, 2.45) is 17.3 Å². The fraction of sp³-hybridized carbons (Fsp3) is 0.667. The van der Waals surface area contributed by atoms with Crippen LogP contribution in [-0.4, -0.2) is 42.3 Å². The summed E-state index contributed by atoms with van der Waals surface area (Å²) in [5.74, 6) is -0.0623. The van der Waals surface area contributed by atoms with E-state index in [9.17, 15) is 14.4 Å². The summed E-state index contributed by atoms with van der Waals surface area (Å²) in [4.78, 5) is 37.4. The standard InChI is InChI=1S/C27H34O8/c1-13-16-12-32-24(30)20(16)22(31-7)15-10-18-26(5)9-8-19(29)34-25(3,4)23(26)17(33-14(2)28)11-27(18,6)35-21(13)15/h17-18,23H,8-12H2,1-7H3. The third-order valence-electron chi connectivity index (χ3n) is 8.90. The number of rotatable bonds is 2. The molecule has 0 amide bonds. The molecule has 0 spiro atoms. The molecule has 1 saturated heterocycles. The monoisotopic (exact) mass is 486 g/mol. The first-order chi connectivity index (χ1) is 16.3. The average molecular weight is 487 g/mol. The van der Waals surface area contributed by atoms with Crippen molar-refractivity contribution in [3.05, 3.63) is 22.3 Å². The SMILES string of the molecule is COc1c2c(c(C)c3c1C(=O)OC3)OC1(C)CC(OC(C)=O)C3C(C)(C)OC(=O)CCC3(C)C1C2. The Balaban J connectivity index is 1.71. The number of carbonyl (C=O) groups excluding carboxylic acids is 3. The lowest BCUT2D eigenvalue weighted by Gasteiger charge is -2.61. The molecule has 5 rings (SSSR count). The highest BCUT2D eigenvalue weighted by Crippen LogP contribution is 2.63. The molecule has 3 heterocycles. The quantitative estimate of drug-likeness (QED) is 0.456. The first-order valence-corrected chi connectivity index (χ1v) is 12.3. The molecule has 8 nitrogen and oxygen atoms in total. The van der Waals surface area contributed by atoms with Crippen LogP contribution in [0.1, 0.15) is 80.9 Å². The molecular weight excluding hydrogens is 452 g/mol. The Labute approximate surface area is 205 Å². The van der Waals surface area contributed by atoms with Crippen LogP contribution in [0.5, 0.6) is 11.5 Å². The largest absolute Gasteiger partial charge is 0.495 e. The Bertz CT molecular complexity index is 1140. The Morgan fingerprint density at radius 3 is 2.46 bits per heavy atom. The Hall–Kier alpha value is -2.77. The second-order valence-electron chi connectivity index (χ2n) is 11.5. The van der Waals surface area contributed by atoms with Crippen LogP contribution in [0, 0.1) is 24.2 Å². The molecular formula is C27H34O8. The Morgan fingerprint density at radius 2 is 1.80 bits per heavy atom. The fourth-order valence-electron chi connectivity index (χ4n) is 7.77. The lowest BCUT2D eigenvalue weighted by molar-refractivity contribution is -0.221. The maximum absolute atomic E-state index is 12.6. The lowest BCUT2D eigenvalue weighted by Crippen LogP contribution is -2.66. The van der Waals surface area contributed by atoms with Crippen molar-refractivity contribution in [1.29, 1.82) is 0 Å². The van der Waals surface area contributed by atoms with E-state index in [1.807, 2.05) is 20.8 Å². The molecule has 4 aliphatic rings. The molecule has 0 bridgehead atoms. The van der Waals surface area contributed by atoms with Crippen LogP contribution in [0.15, 0.2) is 0 Å². The van der Waals surface area contributed by atoms with Gasteiger partial charge in [0.15, 0.2) is 0 Å². The van der Waals surface area contributed by atoms with Gasteiger partial charge in [-0.25, -0.2) is 4.79 Å². The minimum atomic E-state index is -0.841. The van der Waals surface area contributed by atoms with Gasteiger partial charge in [-0.1, -0.05) is 6.92 Å². The number of esters is 3. The zero-order chi connectivity index (χ0) is 25.5. The average Bonchev–Trinajstić information content (AvgIpc) is 3.08. The predicted molar refractivity (Wildman–Crippen MR) is 124 cm³/mol. The van der Waals surface area contributed by atoms with Crippen molar-refractivity contribution in [3.63, 3.8) is 0 Å². The van der Waals surface area contributed by atoms with E-state index in [4.69, 9.17) is 23.7 Å². The number of benzene rings is 1. The molecule has 1 aromatic carbocycles. The summed E-state index contributed by atoms with van der Waals surface area (Å²) in [7, 11) is 1.56. The van der Waals surface area contributed by atoms with Crippen LogP contribution in [-0.2, 0) is 36.8 Å². The third-order valence-corrected chi connectivity index (χ3v) is 8.90. The van der Waals surface area contributed by atoms with Crippen LogP contribution < -0.4 is 9.47 Å². The highest BCUT2D eigenvalue weighted by atomic mass is 16.6. The molecule has 5 atom stereocenters. The summed E-state index contributed by atoms with van der Waals surface area (Å²) in [6, 6.07) is 0. The maximum atomic E-state index is 12.6. The highest BCUT2D eigenvalue weighted by Gasteiger charge is 2.66. The molecule has 0 N–H and O–H groups in total. The summed E-state index contributed by atoms with van der Waals surface area (Å²) in [6.07, 6.45) is 1.43. The molecule has 1 saturated carbocycles. The minimum absolute atomic E-state index is 0.0446. The molecule has 0 aromatic heterocycles. The summed E-state index contributed by atoms with van der Waals surface area (Å²) in [5, 5.41) is 0. The normalized spacial score (nSPS) is 34.7. The summed E-state index contributed by atoms with van der Waals surface area (Å²) in [6.45, 7) is 11.6. The summed E-state index contributed by atoms with van der Waals surface area (Å²) < 4.78 is 29.8. The van der Waals surface area contributed by atoms with E-state index in [0.29, 0.717) is 36.3 Å². The predicted octanol–water partition coefficient (Wildman–Crippen LogP) is 4.06. The zero-order valence-electron chi connectivity index (χ0n) is 21.5. The molecule has 8 heteroatoms. The van der Waals surface area contributed by atoms with Crippen molar-refractivity contribution in [3.8, 4) is 11.5 Å². The van der Waals surface area contributed by atoms with Gasteiger partial charge in [-0.3, -0.25) is 9.59 Å². The molecule has 1 aliphatic carbocycles. The van der Waals surface area contributed by atoms with Crippen LogP contribution in [0.2, 0.25) is 0 Å². The van der Waals surface area contributed by atoms with Gasteiger partial charge >= 0.3 is 17.9 Å². The lowest BCUT2D eigenvalue weighted by atomic mass is 9.48. The van der Waals surface area contributed by atoms with E-state index < -0.39 is 22.7 Å². The van der Waals surface area contributed by atoms with E-state index in [1.54, 1.807) is 7.11 Å². The van der Waals surface area contributed by atoms with Crippen LogP contribution in [0.4, 0.5) is 0 Å². The van der Waals surface area contributed by atoms with Gasteiger partial charge in [-0.05, 0) is 51.5 Å². The third kappa shape index (κ3) is 3.35. The number of cyclic esters (lactones) is 2. The van der Waals surface area contributed by atoms with Crippen molar-refractivity contribution in [1.82, 2.24) is 0 Å². The molecule has 0 radical (unpaired) electrons. The van der Waals surface area contributed by atoms with E-state index in [0.717, 1.165) is 16.7 Å². The van der Waals surface area contributed by atoms with Gasteiger partial charge in [-0.15, -0.1) is 0 Å². The number of methoxy groups -OCH3 is 1. The second-order valence-corrected chi connectivity index (χ2v) is 11.5. The van der Waals surface area contributed by atoms with Gasteiger partial charge in [0.25, 0.3) is 0 Å². The zero-order valence-corrected chi connectivity index (χ0v) is 21.5. The summed E-state index contributed by atoms with van der Waals surface area (Å²) in [5.41, 5.74) is 1.02. The van der Waals surface area contributed by atoms with E-state index in [2.05, 4.69) is 13.8 Å². The van der Waals surface area contributed by atoms with Gasteiger partial charge in [0.1, 0.15) is 41.0 Å². The molecule has 3 aliphatic heterocycles. The van der Waals surface area contributed by atoms with Crippen LogP contribution in [0.25, 0.3) is 0 Å². The van der Waals surface area contributed by atoms with Crippen molar-refractivity contribution in [2.75, 3.05) is 7.11 Å². The molecule has 5 unspecified atom stereocenters.